The van der Waals surface area contributed by atoms with Gasteiger partial charge in [-0.1, -0.05) is 0 Å². The van der Waals surface area contributed by atoms with Crippen LogP contribution in [0.4, 0.5) is 0 Å². The second kappa shape index (κ2) is 5.99. The molecule has 0 aromatic carbocycles. The van der Waals surface area contributed by atoms with Gasteiger partial charge in [-0.05, 0) is 19.4 Å². The Morgan fingerprint density at radius 2 is 2.05 bits per heavy atom. The number of β-lactam (4-membered cyclic amide) rings is 1. The number of rotatable bonds is 6. The SMILES string of the molecule is COCCN1CCC[C@@]2(C1)CN(CCS(C)(=O)=O)C2=O. The van der Waals surface area contributed by atoms with Crippen molar-refractivity contribution in [2.45, 2.75) is 12.8 Å². The van der Waals surface area contributed by atoms with Gasteiger partial charge in [-0.15, -0.1) is 0 Å². The summed E-state index contributed by atoms with van der Waals surface area (Å²) in [6, 6.07) is 0. The molecule has 2 rings (SSSR count). The monoisotopic (exact) mass is 304 g/mol. The predicted octanol–water partition coefficient (Wildman–Crippen LogP) is -0.398. The van der Waals surface area contributed by atoms with Crippen LogP contribution in [0.3, 0.4) is 0 Å². The minimum Gasteiger partial charge on any atom is -0.383 e. The molecule has 2 aliphatic rings. The van der Waals surface area contributed by atoms with Crippen molar-refractivity contribution in [1.82, 2.24) is 9.80 Å². The summed E-state index contributed by atoms with van der Waals surface area (Å²) in [5.74, 6) is 0.186. The van der Waals surface area contributed by atoms with Gasteiger partial charge < -0.3 is 9.64 Å². The molecule has 2 heterocycles. The molecule has 116 valence electrons. The minimum absolute atomic E-state index is 0.0577. The average molecular weight is 304 g/mol. The van der Waals surface area contributed by atoms with E-state index < -0.39 is 9.84 Å². The smallest absolute Gasteiger partial charge is 0.231 e. The van der Waals surface area contributed by atoms with Crippen LogP contribution in [0, 0.1) is 5.41 Å². The third-order valence-electron chi connectivity index (χ3n) is 4.23. The van der Waals surface area contributed by atoms with Crippen molar-refractivity contribution in [3.8, 4) is 0 Å². The number of nitrogens with zero attached hydrogens (tertiary/aromatic N) is 2. The maximum absolute atomic E-state index is 12.3. The van der Waals surface area contributed by atoms with Gasteiger partial charge in [0.05, 0.1) is 17.8 Å². The molecule has 0 aromatic heterocycles. The molecule has 1 amide bonds. The summed E-state index contributed by atoms with van der Waals surface area (Å²) in [5.41, 5.74) is -0.260. The summed E-state index contributed by atoms with van der Waals surface area (Å²) in [6.45, 7) is 4.37. The number of sulfone groups is 1. The van der Waals surface area contributed by atoms with E-state index in [0.717, 1.165) is 32.5 Å². The fraction of sp³-hybridized carbons (Fsp3) is 0.923. The third kappa shape index (κ3) is 3.51. The zero-order valence-corrected chi connectivity index (χ0v) is 13.1. The Balaban J connectivity index is 1.86. The molecule has 0 saturated carbocycles. The molecule has 6 nitrogen and oxygen atoms in total. The number of likely N-dealkylation sites (tertiary alicyclic amines) is 2. The quantitative estimate of drug-likeness (QED) is 0.625. The van der Waals surface area contributed by atoms with Crippen LogP contribution in [0.2, 0.25) is 0 Å². The Kier molecular flexibility index (Phi) is 4.71. The van der Waals surface area contributed by atoms with Crippen molar-refractivity contribution < 1.29 is 17.9 Å². The molecule has 2 saturated heterocycles. The average Bonchev–Trinajstić information content (AvgIpc) is 2.40. The molecule has 0 bridgehead atoms. The number of methoxy groups -OCH3 is 1. The van der Waals surface area contributed by atoms with E-state index in [2.05, 4.69) is 4.90 Å². The van der Waals surface area contributed by atoms with E-state index in [1.54, 1.807) is 12.0 Å². The van der Waals surface area contributed by atoms with E-state index in [9.17, 15) is 13.2 Å². The summed E-state index contributed by atoms with van der Waals surface area (Å²) in [5, 5.41) is 0. The Hall–Kier alpha value is -0.660. The number of carbonyl (C=O) groups excluding carboxylic acids is 1. The number of hydrogen-bond donors (Lipinski definition) is 0. The summed E-state index contributed by atoms with van der Waals surface area (Å²) in [6.07, 6.45) is 3.15. The van der Waals surface area contributed by atoms with Crippen LogP contribution >= 0.6 is 0 Å². The number of amides is 1. The zero-order valence-electron chi connectivity index (χ0n) is 12.3. The second-order valence-electron chi connectivity index (χ2n) is 6.01. The normalized spacial score (nSPS) is 27.9. The molecule has 20 heavy (non-hydrogen) atoms. The number of ether oxygens (including phenoxy) is 1. The largest absolute Gasteiger partial charge is 0.383 e. The van der Waals surface area contributed by atoms with Crippen LogP contribution in [-0.2, 0) is 19.4 Å². The Labute approximate surface area is 121 Å². The molecule has 0 unspecified atom stereocenters. The molecule has 0 N–H and O–H groups in total. The van der Waals surface area contributed by atoms with Gasteiger partial charge >= 0.3 is 0 Å². The van der Waals surface area contributed by atoms with Crippen molar-refractivity contribution in [3.05, 3.63) is 0 Å². The lowest BCUT2D eigenvalue weighted by Crippen LogP contribution is -2.67. The second-order valence-corrected chi connectivity index (χ2v) is 8.27. The summed E-state index contributed by atoms with van der Waals surface area (Å²) in [7, 11) is -1.32. The Morgan fingerprint density at radius 3 is 2.65 bits per heavy atom. The van der Waals surface area contributed by atoms with Crippen LogP contribution in [-0.4, -0.2) is 82.6 Å². The van der Waals surface area contributed by atoms with E-state index in [1.165, 1.54) is 6.26 Å². The van der Waals surface area contributed by atoms with Gasteiger partial charge in [0.15, 0.2) is 0 Å². The fourth-order valence-electron chi connectivity index (χ4n) is 3.15. The minimum atomic E-state index is -3.00. The molecular formula is C13H24N2O4S. The topological polar surface area (TPSA) is 66.9 Å². The van der Waals surface area contributed by atoms with Crippen LogP contribution in [0.15, 0.2) is 0 Å². The van der Waals surface area contributed by atoms with E-state index in [1.807, 2.05) is 0 Å². The molecule has 1 atom stereocenters. The highest BCUT2D eigenvalue weighted by Crippen LogP contribution is 2.40. The molecule has 0 radical (unpaired) electrons. The Bertz CT molecular complexity index is 465. The van der Waals surface area contributed by atoms with Gasteiger partial charge in [0.25, 0.3) is 0 Å². The fourth-order valence-corrected chi connectivity index (χ4v) is 3.70. The Morgan fingerprint density at radius 1 is 1.30 bits per heavy atom. The predicted molar refractivity (Wildman–Crippen MR) is 76.3 cm³/mol. The third-order valence-corrected chi connectivity index (χ3v) is 5.16. The lowest BCUT2D eigenvalue weighted by atomic mass is 9.72. The first-order valence-electron chi connectivity index (χ1n) is 7.05. The lowest BCUT2D eigenvalue weighted by molar-refractivity contribution is -0.165. The first-order valence-corrected chi connectivity index (χ1v) is 9.11. The standard InChI is InChI=1S/C13H24N2O4S/c1-19-8-6-14-5-3-4-13(10-14)11-15(12(13)16)7-9-20(2,17)18/h3-11H2,1-2H3/t13-/m1/s1. The summed E-state index contributed by atoms with van der Waals surface area (Å²) in [4.78, 5) is 16.3. The molecule has 2 fully saturated rings. The zero-order chi connectivity index (χ0) is 14.8. The molecule has 2 aliphatic heterocycles. The van der Waals surface area contributed by atoms with E-state index in [0.29, 0.717) is 19.7 Å². The summed E-state index contributed by atoms with van der Waals surface area (Å²) >= 11 is 0. The maximum atomic E-state index is 12.3. The molecule has 0 aromatic rings. The van der Waals surface area contributed by atoms with Crippen molar-refractivity contribution in [2.75, 3.05) is 58.4 Å². The van der Waals surface area contributed by atoms with Gasteiger partial charge in [-0.3, -0.25) is 9.69 Å². The van der Waals surface area contributed by atoms with Crippen molar-refractivity contribution in [1.29, 1.82) is 0 Å². The van der Waals surface area contributed by atoms with Gasteiger partial charge in [0.1, 0.15) is 9.84 Å². The highest BCUT2D eigenvalue weighted by molar-refractivity contribution is 7.90. The number of piperidine rings is 1. The first-order chi connectivity index (χ1) is 9.36. The highest BCUT2D eigenvalue weighted by atomic mass is 32.2. The van der Waals surface area contributed by atoms with Gasteiger partial charge in [0.2, 0.25) is 5.91 Å². The van der Waals surface area contributed by atoms with Crippen molar-refractivity contribution >= 4 is 15.7 Å². The highest BCUT2D eigenvalue weighted by Gasteiger charge is 2.53. The van der Waals surface area contributed by atoms with Gasteiger partial charge in [-0.2, -0.15) is 0 Å². The van der Waals surface area contributed by atoms with Gasteiger partial charge in [-0.25, -0.2) is 8.42 Å². The molecule has 7 heteroatoms. The maximum Gasteiger partial charge on any atom is 0.231 e. The van der Waals surface area contributed by atoms with Crippen molar-refractivity contribution in [2.24, 2.45) is 5.41 Å². The number of carbonyl (C=O) groups is 1. The van der Waals surface area contributed by atoms with E-state index >= 15 is 0 Å². The first kappa shape index (κ1) is 15.7. The molecular weight excluding hydrogens is 280 g/mol. The van der Waals surface area contributed by atoms with Crippen LogP contribution in [0.5, 0.6) is 0 Å². The summed E-state index contributed by atoms with van der Waals surface area (Å²) < 4.78 is 27.4. The van der Waals surface area contributed by atoms with E-state index in [-0.39, 0.29) is 17.1 Å². The van der Waals surface area contributed by atoms with Crippen LogP contribution in [0.1, 0.15) is 12.8 Å². The lowest BCUT2D eigenvalue weighted by Gasteiger charge is -2.53. The molecule has 1 spiro atoms. The van der Waals surface area contributed by atoms with Gasteiger partial charge in [0, 0.05) is 39.5 Å². The van der Waals surface area contributed by atoms with E-state index in [4.69, 9.17) is 4.74 Å². The number of hydrogen-bond acceptors (Lipinski definition) is 5. The van der Waals surface area contributed by atoms with Crippen LogP contribution < -0.4 is 0 Å². The van der Waals surface area contributed by atoms with Crippen molar-refractivity contribution in [3.63, 3.8) is 0 Å². The molecule has 0 aliphatic carbocycles. The van der Waals surface area contributed by atoms with Crippen LogP contribution in [0.25, 0.3) is 0 Å².